The van der Waals surface area contributed by atoms with Crippen LogP contribution in [-0.4, -0.2) is 32.5 Å². The van der Waals surface area contributed by atoms with E-state index in [2.05, 4.69) is 15.1 Å². The van der Waals surface area contributed by atoms with Crippen molar-refractivity contribution in [1.82, 2.24) is 20.0 Å². The molecule has 3 aromatic rings. The van der Waals surface area contributed by atoms with Crippen LogP contribution in [0.3, 0.4) is 0 Å². The summed E-state index contributed by atoms with van der Waals surface area (Å²) >= 11 is 0. The van der Waals surface area contributed by atoms with Crippen LogP contribution < -0.4 is 0 Å². The molecular formula is C18H15FN4O2. The van der Waals surface area contributed by atoms with Gasteiger partial charge in [0.2, 0.25) is 17.6 Å². The highest BCUT2D eigenvalue weighted by Crippen LogP contribution is 2.29. The highest BCUT2D eigenvalue weighted by atomic mass is 19.1. The van der Waals surface area contributed by atoms with Crippen molar-refractivity contribution in [1.29, 1.82) is 0 Å². The largest absolute Gasteiger partial charge is 0.339 e. The fourth-order valence-corrected chi connectivity index (χ4v) is 2.92. The molecule has 4 rings (SSSR count). The van der Waals surface area contributed by atoms with Crippen molar-refractivity contribution in [3.05, 3.63) is 66.1 Å². The molecule has 1 atom stereocenters. The molecule has 7 heteroatoms. The summed E-state index contributed by atoms with van der Waals surface area (Å²) in [6.45, 7) is 0.954. The molecule has 126 valence electrons. The standard InChI is InChI=1S/C18H15FN4O2/c19-15-3-1-12(2-4-15)10-23-11-14(9-16(23)24)18-21-17(22-25-18)13-5-7-20-8-6-13/h1-8,14H,9-11H2. The lowest BCUT2D eigenvalue weighted by Crippen LogP contribution is -2.24. The van der Waals surface area contributed by atoms with E-state index in [4.69, 9.17) is 4.52 Å². The lowest BCUT2D eigenvalue weighted by molar-refractivity contribution is -0.128. The lowest BCUT2D eigenvalue weighted by atomic mass is 10.1. The first-order valence-corrected chi connectivity index (χ1v) is 7.95. The molecule has 6 nitrogen and oxygen atoms in total. The number of halogens is 1. The summed E-state index contributed by atoms with van der Waals surface area (Å²) in [4.78, 5) is 22.4. The highest BCUT2D eigenvalue weighted by Gasteiger charge is 2.34. The zero-order chi connectivity index (χ0) is 17.2. The normalized spacial score (nSPS) is 17.2. The van der Waals surface area contributed by atoms with E-state index < -0.39 is 0 Å². The fraction of sp³-hybridized carbons (Fsp3) is 0.222. The van der Waals surface area contributed by atoms with Crippen LogP contribution >= 0.6 is 0 Å². The second-order valence-corrected chi connectivity index (χ2v) is 5.99. The van der Waals surface area contributed by atoms with Crippen molar-refractivity contribution in [2.75, 3.05) is 6.54 Å². The van der Waals surface area contributed by atoms with Gasteiger partial charge in [0.05, 0.1) is 5.92 Å². The van der Waals surface area contributed by atoms with Crippen LogP contribution in [-0.2, 0) is 11.3 Å². The molecule has 1 aromatic carbocycles. The van der Waals surface area contributed by atoms with E-state index in [-0.39, 0.29) is 17.6 Å². The molecule has 1 saturated heterocycles. The van der Waals surface area contributed by atoms with Gasteiger partial charge in [0, 0.05) is 37.5 Å². The molecule has 0 spiro atoms. The van der Waals surface area contributed by atoms with Crippen molar-refractivity contribution < 1.29 is 13.7 Å². The van der Waals surface area contributed by atoms with Crippen molar-refractivity contribution in [2.45, 2.75) is 18.9 Å². The molecule has 1 aliphatic heterocycles. The Labute approximate surface area is 143 Å². The summed E-state index contributed by atoms with van der Waals surface area (Å²) in [6, 6.07) is 9.76. The maximum Gasteiger partial charge on any atom is 0.232 e. The van der Waals surface area contributed by atoms with E-state index in [0.717, 1.165) is 11.1 Å². The number of likely N-dealkylation sites (tertiary alicyclic amines) is 1. The Hall–Kier alpha value is -3.09. The van der Waals surface area contributed by atoms with Crippen molar-refractivity contribution in [2.24, 2.45) is 0 Å². The fourth-order valence-electron chi connectivity index (χ4n) is 2.92. The zero-order valence-corrected chi connectivity index (χ0v) is 13.3. The molecule has 3 heterocycles. The molecule has 1 unspecified atom stereocenters. The monoisotopic (exact) mass is 338 g/mol. The summed E-state index contributed by atoms with van der Waals surface area (Å²) in [5.41, 5.74) is 1.70. The Kier molecular flexibility index (Phi) is 3.97. The Morgan fingerprint density at radius 1 is 1.16 bits per heavy atom. The predicted octanol–water partition coefficient (Wildman–Crippen LogP) is 2.79. The zero-order valence-electron chi connectivity index (χ0n) is 13.3. The summed E-state index contributed by atoms with van der Waals surface area (Å²) in [5.74, 6) is 0.557. The van der Waals surface area contributed by atoms with Crippen molar-refractivity contribution in [3.8, 4) is 11.4 Å². The van der Waals surface area contributed by atoms with E-state index in [1.165, 1.54) is 12.1 Å². The molecule has 2 aromatic heterocycles. The number of nitrogens with zero attached hydrogens (tertiary/aromatic N) is 4. The van der Waals surface area contributed by atoms with Crippen LogP contribution in [0, 0.1) is 5.82 Å². The molecule has 25 heavy (non-hydrogen) atoms. The van der Waals surface area contributed by atoms with Gasteiger partial charge in [0.25, 0.3) is 0 Å². The number of carbonyl (C=O) groups excluding carboxylic acids is 1. The molecule has 0 saturated carbocycles. The van der Waals surface area contributed by atoms with E-state index in [0.29, 0.717) is 31.2 Å². The van der Waals surface area contributed by atoms with Gasteiger partial charge in [0.15, 0.2) is 0 Å². The molecule has 1 fully saturated rings. The van der Waals surface area contributed by atoms with Crippen LogP contribution in [0.1, 0.15) is 23.8 Å². The average molecular weight is 338 g/mol. The highest BCUT2D eigenvalue weighted by molar-refractivity contribution is 5.79. The molecule has 0 bridgehead atoms. The smallest absolute Gasteiger partial charge is 0.232 e. The van der Waals surface area contributed by atoms with Gasteiger partial charge in [0.1, 0.15) is 5.82 Å². The Bertz CT molecular complexity index is 880. The van der Waals surface area contributed by atoms with E-state index in [1.54, 1.807) is 41.6 Å². The SMILES string of the molecule is O=C1CC(c2nc(-c3ccncc3)no2)CN1Cc1ccc(F)cc1. The van der Waals surface area contributed by atoms with Crippen LogP contribution in [0.5, 0.6) is 0 Å². The number of hydrogen-bond donors (Lipinski definition) is 0. The topological polar surface area (TPSA) is 72.1 Å². The van der Waals surface area contributed by atoms with Gasteiger partial charge in [-0.1, -0.05) is 17.3 Å². The van der Waals surface area contributed by atoms with E-state index >= 15 is 0 Å². The number of benzene rings is 1. The number of carbonyl (C=O) groups is 1. The Morgan fingerprint density at radius 3 is 2.68 bits per heavy atom. The van der Waals surface area contributed by atoms with Gasteiger partial charge in [-0.2, -0.15) is 4.98 Å². The second-order valence-electron chi connectivity index (χ2n) is 5.99. The predicted molar refractivity (Wildman–Crippen MR) is 86.7 cm³/mol. The minimum atomic E-state index is -0.288. The minimum Gasteiger partial charge on any atom is -0.339 e. The second kappa shape index (κ2) is 6.43. The third kappa shape index (κ3) is 3.26. The van der Waals surface area contributed by atoms with Crippen LogP contribution in [0.15, 0.2) is 53.3 Å². The molecular weight excluding hydrogens is 323 g/mol. The van der Waals surface area contributed by atoms with E-state index in [1.807, 2.05) is 0 Å². The quantitative estimate of drug-likeness (QED) is 0.731. The lowest BCUT2D eigenvalue weighted by Gasteiger charge is -2.15. The Morgan fingerprint density at radius 2 is 1.92 bits per heavy atom. The van der Waals surface area contributed by atoms with Crippen LogP contribution in [0.2, 0.25) is 0 Å². The number of hydrogen-bond acceptors (Lipinski definition) is 5. The molecule has 0 radical (unpaired) electrons. The maximum absolute atomic E-state index is 13.0. The summed E-state index contributed by atoms with van der Waals surface area (Å²) in [7, 11) is 0. The summed E-state index contributed by atoms with van der Waals surface area (Å²) in [5, 5.41) is 3.99. The molecule has 0 aliphatic carbocycles. The van der Waals surface area contributed by atoms with E-state index in [9.17, 15) is 9.18 Å². The Balaban J connectivity index is 1.47. The maximum atomic E-state index is 13.0. The molecule has 1 amide bonds. The first kappa shape index (κ1) is 15.4. The third-order valence-electron chi connectivity index (χ3n) is 4.23. The van der Waals surface area contributed by atoms with Gasteiger partial charge in [-0.3, -0.25) is 9.78 Å². The van der Waals surface area contributed by atoms with Crippen molar-refractivity contribution in [3.63, 3.8) is 0 Å². The van der Waals surface area contributed by atoms with Crippen LogP contribution in [0.25, 0.3) is 11.4 Å². The third-order valence-corrected chi connectivity index (χ3v) is 4.23. The molecule has 0 N–H and O–H groups in total. The number of amides is 1. The van der Waals surface area contributed by atoms with Gasteiger partial charge in [-0.25, -0.2) is 4.39 Å². The number of aromatic nitrogens is 3. The first-order valence-electron chi connectivity index (χ1n) is 7.95. The van der Waals surface area contributed by atoms with Gasteiger partial charge in [-0.15, -0.1) is 0 Å². The number of pyridine rings is 1. The molecule has 1 aliphatic rings. The van der Waals surface area contributed by atoms with Gasteiger partial charge < -0.3 is 9.42 Å². The van der Waals surface area contributed by atoms with Gasteiger partial charge in [-0.05, 0) is 29.8 Å². The average Bonchev–Trinajstić information content (AvgIpc) is 3.25. The summed E-state index contributed by atoms with van der Waals surface area (Å²) < 4.78 is 18.3. The van der Waals surface area contributed by atoms with Gasteiger partial charge >= 0.3 is 0 Å². The van der Waals surface area contributed by atoms with Crippen LogP contribution in [0.4, 0.5) is 4.39 Å². The first-order chi connectivity index (χ1) is 12.2. The van der Waals surface area contributed by atoms with Crippen molar-refractivity contribution >= 4 is 5.91 Å². The number of rotatable bonds is 4. The summed E-state index contributed by atoms with van der Waals surface area (Å²) in [6.07, 6.45) is 3.66. The minimum absolute atomic E-state index is 0.0259.